The first kappa shape index (κ1) is 7.41. The summed E-state index contributed by atoms with van der Waals surface area (Å²) in [4.78, 5) is 20.8. The fourth-order valence-corrected chi connectivity index (χ4v) is 1.04. The SMILES string of the molecule is O=CCC(=O)C1CCOC1. The number of hydrogen-bond acceptors (Lipinski definition) is 3. The van der Waals surface area contributed by atoms with E-state index in [1.807, 2.05) is 0 Å². The Hall–Kier alpha value is -0.700. The zero-order valence-electron chi connectivity index (χ0n) is 5.71. The van der Waals surface area contributed by atoms with Crippen LogP contribution in [-0.2, 0) is 14.3 Å². The first-order valence-electron chi connectivity index (χ1n) is 3.38. The second-order valence-corrected chi connectivity index (χ2v) is 2.40. The number of Topliss-reactive ketones (excluding diaryl/α,β-unsaturated/α-hetero) is 1. The maximum absolute atomic E-state index is 10.9. The van der Waals surface area contributed by atoms with Crippen LogP contribution in [0.1, 0.15) is 12.8 Å². The molecule has 0 aliphatic carbocycles. The molecular formula is C7H10O3. The molecule has 1 heterocycles. The molecule has 0 aromatic heterocycles. The van der Waals surface area contributed by atoms with E-state index in [1.165, 1.54) is 0 Å². The van der Waals surface area contributed by atoms with Crippen molar-refractivity contribution in [3.63, 3.8) is 0 Å². The molecule has 1 fully saturated rings. The number of ether oxygens (including phenoxy) is 1. The Labute approximate surface area is 59.4 Å². The lowest BCUT2D eigenvalue weighted by Gasteiger charge is -2.00. The Bertz CT molecular complexity index is 136. The van der Waals surface area contributed by atoms with E-state index in [2.05, 4.69) is 0 Å². The van der Waals surface area contributed by atoms with Crippen molar-refractivity contribution < 1.29 is 14.3 Å². The zero-order valence-corrected chi connectivity index (χ0v) is 5.71. The molecule has 3 nitrogen and oxygen atoms in total. The van der Waals surface area contributed by atoms with Crippen LogP contribution in [-0.4, -0.2) is 25.3 Å². The summed E-state index contributed by atoms with van der Waals surface area (Å²) in [7, 11) is 0. The van der Waals surface area contributed by atoms with E-state index in [0.29, 0.717) is 19.5 Å². The third-order valence-electron chi connectivity index (χ3n) is 1.67. The highest BCUT2D eigenvalue weighted by Crippen LogP contribution is 2.13. The van der Waals surface area contributed by atoms with Gasteiger partial charge in [0.05, 0.1) is 13.0 Å². The fraction of sp³-hybridized carbons (Fsp3) is 0.714. The molecule has 0 aromatic rings. The van der Waals surface area contributed by atoms with Crippen molar-refractivity contribution >= 4 is 12.1 Å². The van der Waals surface area contributed by atoms with Crippen LogP contribution < -0.4 is 0 Å². The van der Waals surface area contributed by atoms with Gasteiger partial charge in [-0.3, -0.25) is 4.79 Å². The average Bonchev–Trinajstić information content (AvgIpc) is 2.38. The summed E-state index contributed by atoms with van der Waals surface area (Å²) >= 11 is 0. The van der Waals surface area contributed by atoms with Crippen LogP contribution in [0.2, 0.25) is 0 Å². The minimum atomic E-state index is -0.00907. The minimum Gasteiger partial charge on any atom is -0.381 e. The van der Waals surface area contributed by atoms with E-state index < -0.39 is 0 Å². The van der Waals surface area contributed by atoms with Gasteiger partial charge in [-0.2, -0.15) is 0 Å². The molecule has 10 heavy (non-hydrogen) atoms. The van der Waals surface area contributed by atoms with Gasteiger partial charge in [-0.15, -0.1) is 0 Å². The van der Waals surface area contributed by atoms with Gasteiger partial charge < -0.3 is 9.53 Å². The summed E-state index contributed by atoms with van der Waals surface area (Å²) in [5.41, 5.74) is 0. The van der Waals surface area contributed by atoms with Gasteiger partial charge in [0.25, 0.3) is 0 Å². The molecule has 0 N–H and O–H groups in total. The highest BCUT2D eigenvalue weighted by molar-refractivity contribution is 5.91. The monoisotopic (exact) mass is 142 g/mol. The molecule has 1 atom stereocenters. The molecule has 1 aliphatic heterocycles. The van der Waals surface area contributed by atoms with Gasteiger partial charge in [0, 0.05) is 12.5 Å². The van der Waals surface area contributed by atoms with Crippen molar-refractivity contribution in [3.05, 3.63) is 0 Å². The van der Waals surface area contributed by atoms with Crippen molar-refractivity contribution in [1.29, 1.82) is 0 Å². The van der Waals surface area contributed by atoms with Gasteiger partial charge in [-0.1, -0.05) is 0 Å². The molecule has 0 aromatic carbocycles. The summed E-state index contributed by atoms with van der Waals surface area (Å²) in [6.07, 6.45) is 1.49. The molecule has 3 heteroatoms. The van der Waals surface area contributed by atoms with E-state index in [0.717, 1.165) is 6.42 Å². The molecule has 0 saturated carbocycles. The normalized spacial score (nSPS) is 24.6. The van der Waals surface area contributed by atoms with Crippen LogP contribution in [0.4, 0.5) is 0 Å². The molecule has 0 radical (unpaired) electrons. The molecule has 0 amide bonds. The number of carbonyl (C=O) groups is 2. The third-order valence-corrected chi connectivity index (χ3v) is 1.67. The molecular weight excluding hydrogens is 132 g/mol. The second-order valence-electron chi connectivity index (χ2n) is 2.40. The largest absolute Gasteiger partial charge is 0.381 e. The van der Waals surface area contributed by atoms with E-state index >= 15 is 0 Å². The number of ketones is 1. The maximum atomic E-state index is 10.9. The van der Waals surface area contributed by atoms with Crippen LogP contribution in [0.5, 0.6) is 0 Å². The Morgan fingerprint density at radius 1 is 1.70 bits per heavy atom. The van der Waals surface area contributed by atoms with Crippen molar-refractivity contribution in [1.82, 2.24) is 0 Å². The zero-order chi connectivity index (χ0) is 7.40. The number of carbonyl (C=O) groups excluding carboxylic acids is 2. The first-order chi connectivity index (χ1) is 4.84. The van der Waals surface area contributed by atoms with Crippen LogP contribution >= 0.6 is 0 Å². The lowest BCUT2D eigenvalue weighted by molar-refractivity contribution is -0.125. The van der Waals surface area contributed by atoms with E-state index in [-0.39, 0.29) is 18.1 Å². The summed E-state index contributed by atoms with van der Waals surface area (Å²) in [5, 5.41) is 0. The Kier molecular flexibility index (Phi) is 2.57. The lowest BCUT2D eigenvalue weighted by atomic mass is 10.0. The predicted molar refractivity (Wildman–Crippen MR) is 34.6 cm³/mol. The van der Waals surface area contributed by atoms with Crippen molar-refractivity contribution in [2.45, 2.75) is 12.8 Å². The highest BCUT2D eigenvalue weighted by Gasteiger charge is 2.22. The molecule has 1 saturated heterocycles. The van der Waals surface area contributed by atoms with Crippen molar-refractivity contribution in [2.24, 2.45) is 5.92 Å². The average molecular weight is 142 g/mol. The van der Waals surface area contributed by atoms with Gasteiger partial charge in [0.2, 0.25) is 0 Å². The smallest absolute Gasteiger partial charge is 0.145 e. The van der Waals surface area contributed by atoms with Gasteiger partial charge in [-0.05, 0) is 6.42 Å². The standard InChI is InChI=1S/C7H10O3/c8-3-1-7(9)6-2-4-10-5-6/h3,6H,1-2,4-5H2. The van der Waals surface area contributed by atoms with Crippen molar-refractivity contribution in [3.8, 4) is 0 Å². The summed E-state index contributed by atoms with van der Waals surface area (Å²) in [5.74, 6) is 0.0118. The van der Waals surface area contributed by atoms with Crippen molar-refractivity contribution in [2.75, 3.05) is 13.2 Å². The third kappa shape index (κ3) is 1.64. The number of aldehydes is 1. The second kappa shape index (κ2) is 3.46. The molecule has 0 spiro atoms. The lowest BCUT2D eigenvalue weighted by Crippen LogP contribution is -2.14. The fourth-order valence-electron chi connectivity index (χ4n) is 1.04. The summed E-state index contributed by atoms with van der Waals surface area (Å²) in [6, 6.07) is 0. The van der Waals surface area contributed by atoms with Gasteiger partial charge >= 0.3 is 0 Å². The topological polar surface area (TPSA) is 43.4 Å². The number of rotatable bonds is 3. The van der Waals surface area contributed by atoms with Crippen LogP contribution in [0.15, 0.2) is 0 Å². The highest BCUT2D eigenvalue weighted by atomic mass is 16.5. The Morgan fingerprint density at radius 3 is 3.00 bits per heavy atom. The van der Waals surface area contributed by atoms with Crippen LogP contribution in [0.25, 0.3) is 0 Å². The predicted octanol–water partition coefficient (Wildman–Crippen LogP) is 0.181. The van der Waals surface area contributed by atoms with Crippen LogP contribution in [0, 0.1) is 5.92 Å². The van der Waals surface area contributed by atoms with E-state index in [1.54, 1.807) is 0 Å². The first-order valence-corrected chi connectivity index (χ1v) is 3.38. The number of hydrogen-bond donors (Lipinski definition) is 0. The molecule has 56 valence electrons. The van der Waals surface area contributed by atoms with Gasteiger partial charge in [0.1, 0.15) is 12.1 Å². The van der Waals surface area contributed by atoms with Crippen LogP contribution in [0.3, 0.4) is 0 Å². The molecule has 1 unspecified atom stereocenters. The van der Waals surface area contributed by atoms with E-state index in [9.17, 15) is 9.59 Å². The Balaban J connectivity index is 2.32. The Morgan fingerprint density at radius 2 is 2.50 bits per heavy atom. The summed E-state index contributed by atoms with van der Waals surface area (Å²) < 4.78 is 4.99. The molecule has 1 rings (SSSR count). The minimum absolute atomic E-state index is 0.00907. The molecule has 1 aliphatic rings. The molecule has 0 bridgehead atoms. The van der Waals surface area contributed by atoms with Gasteiger partial charge in [0.15, 0.2) is 0 Å². The quantitative estimate of drug-likeness (QED) is 0.417. The van der Waals surface area contributed by atoms with Gasteiger partial charge in [-0.25, -0.2) is 0 Å². The van der Waals surface area contributed by atoms with E-state index in [4.69, 9.17) is 4.74 Å². The summed E-state index contributed by atoms with van der Waals surface area (Å²) in [6.45, 7) is 1.17. The maximum Gasteiger partial charge on any atom is 0.145 e.